The molecule has 0 aromatic carbocycles. The molecule has 0 aliphatic heterocycles. The Morgan fingerprint density at radius 2 is 2.20 bits per heavy atom. The van der Waals surface area contributed by atoms with Crippen molar-refractivity contribution in [2.45, 2.75) is 10.2 Å². The number of aromatic nitrogens is 2. The van der Waals surface area contributed by atoms with E-state index in [0.717, 1.165) is 0 Å². The van der Waals surface area contributed by atoms with Crippen LogP contribution in [0.1, 0.15) is 0 Å². The summed E-state index contributed by atoms with van der Waals surface area (Å²) in [5.74, 6) is 0. The quantitative estimate of drug-likeness (QED) is 0.788. The van der Waals surface area contributed by atoms with Gasteiger partial charge in [-0.3, -0.25) is 4.40 Å². The molecule has 0 fully saturated rings. The van der Waals surface area contributed by atoms with Crippen molar-refractivity contribution in [3.8, 4) is 0 Å². The first kappa shape index (κ1) is 10.5. The van der Waals surface area contributed by atoms with Crippen LogP contribution in [0.2, 0.25) is 0 Å². The van der Waals surface area contributed by atoms with Gasteiger partial charge in [0.2, 0.25) is 0 Å². The predicted octanol–water partition coefficient (Wildman–Crippen LogP) is 0.704. The third kappa shape index (κ3) is 1.73. The lowest BCUT2D eigenvalue weighted by Gasteiger charge is -1.95. The average molecular weight is 243 g/mol. The minimum Gasteiger partial charge on any atom is -0.293 e. The Bertz CT molecular complexity index is 603. The van der Waals surface area contributed by atoms with Crippen LogP contribution >= 0.6 is 11.8 Å². The molecule has 5 nitrogen and oxygen atoms in total. The number of pyridine rings is 1. The van der Waals surface area contributed by atoms with Crippen LogP contribution in [0.3, 0.4) is 0 Å². The fourth-order valence-electron chi connectivity index (χ4n) is 1.34. The largest absolute Gasteiger partial charge is 0.293 e. The number of nitrogens with two attached hydrogens (primary N) is 1. The molecular formula is C8H9N3O2S2. The van der Waals surface area contributed by atoms with Crippen LogP contribution in [0.4, 0.5) is 0 Å². The van der Waals surface area contributed by atoms with E-state index in [0.29, 0.717) is 10.7 Å². The molecule has 0 aliphatic rings. The van der Waals surface area contributed by atoms with Crippen molar-refractivity contribution in [1.29, 1.82) is 0 Å². The summed E-state index contributed by atoms with van der Waals surface area (Å²) < 4.78 is 24.2. The summed E-state index contributed by atoms with van der Waals surface area (Å²) in [7, 11) is -3.76. The van der Waals surface area contributed by atoms with Crippen LogP contribution in [0, 0.1) is 0 Å². The summed E-state index contributed by atoms with van der Waals surface area (Å²) in [6, 6.07) is 5.23. The molecule has 80 valence electrons. The summed E-state index contributed by atoms with van der Waals surface area (Å²) in [4.78, 5) is 3.99. The molecule has 2 aromatic heterocycles. The van der Waals surface area contributed by atoms with E-state index in [4.69, 9.17) is 5.14 Å². The number of primary sulfonamides is 1. The van der Waals surface area contributed by atoms with Gasteiger partial charge in [-0.2, -0.15) is 0 Å². The molecule has 2 aromatic rings. The molecule has 0 atom stereocenters. The Kier molecular flexibility index (Phi) is 2.45. The molecule has 0 radical (unpaired) electrons. The van der Waals surface area contributed by atoms with Crippen LogP contribution in [0.15, 0.2) is 34.6 Å². The summed E-state index contributed by atoms with van der Waals surface area (Å²) in [5, 5.41) is 5.61. The molecule has 15 heavy (non-hydrogen) atoms. The van der Waals surface area contributed by atoms with E-state index in [1.54, 1.807) is 28.8 Å². The van der Waals surface area contributed by atoms with Gasteiger partial charge in [-0.25, -0.2) is 18.5 Å². The highest BCUT2D eigenvalue weighted by atomic mass is 32.2. The standard InChI is InChI=1S/C8H9N3O2S2/c1-14-8-10-7(15(9,12)13)6-4-2-3-5-11(6)8/h2-5H,1H3,(H2,9,12,13). The van der Waals surface area contributed by atoms with E-state index in [9.17, 15) is 8.42 Å². The van der Waals surface area contributed by atoms with Gasteiger partial charge in [-0.05, 0) is 18.4 Å². The zero-order chi connectivity index (χ0) is 11.1. The van der Waals surface area contributed by atoms with Crippen LogP contribution in [-0.2, 0) is 10.0 Å². The molecule has 0 bridgehead atoms. The lowest BCUT2D eigenvalue weighted by molar-refractivity contribution is 0.595. The number of hydrogen-bond donors (Lipinski definition) is 1. The third-order valence-corrected chi connectivity index (χ3v) is 3.43. The summed E-state index contributed by atoms with van der Waals surface area (Å²) in [6.07, 6.45) is 3.58. The highest BCUT2D eigenvalue weighted by Crippen LogP contribution is 2.21. The zero-order valence-electron chi connectivity index (χ0n) is 7.91. The van der Waals surface area contributed by atoms with Crippen molar-refractivity contribution in [2.75, 3.05) is 6.26 Å². The fraction of sp³-hybridized carbons (Fsp3) is 0.125. The molecule has 0 spiro atoms. The smallest absolute Gasteiger partial charge is 0.257 e. The van der Waals surface area contributed by atoms with Crippen molar-refractivity contribution in [3.63, 3.8) is 0 Å². The number of rotatable bonds is 2. The van der Waals surface area contributed by atoms with Crippen molar-refractivity contribution in [1.82, 2.24) is 9.38 Å². The SMILES string of the molecule is CSc1nc(S(N)(=O)=O)c2ccccn12. The van der Waals surface area contributed by atoms with Gasteiger partial charge in [0.05, 0.1) is 5.52 Å². The topological polar surface area (TPSA) is 77.5 Å². The van der Waals surface area contributed by atoms with Gasteiger partial charge in [0.15, 0.2) is 10.2 Å². The van der Waals surface area contributed by atoms with E-state index in [1.165, 1.54) is 11.8 Å². The maximum atomic E-state index is 11.3. The minimum atomic E-state index is -3.76. The van der Waals surface area contributed by atoms with Crippen molar-refractivity contribution in [2.24, 2.45) is 5.14 Å². The first-order valence-electron chi connectivity index (χ1n) is 4.08. The van der Waals surface area contributed by atoms with Gasteiger partial charge >= 0.3 is 0 Å². The molecule has 7 heteroatoms. The van der Waals surface area contributed by atoms with E-state index >= 15 is 0 Å². The van der Waals surface area contributed by atoms with Crippen molar-refractivity contribution in [3.05, 3.63) is 24.4 Å². The lowest BCUT2D eigenvalue weighted by atomic mass is 10.4. The molecule has 2 N–H and O–H groups in total. The molecular weight excluding hydrogens is 234 g/mol. The number of fused-ring (bicyclic) bond motifs is 1. The van der Waals surface area contributed by atoms with Gasteiger partial charge in [-0.15, -0.1) is 0 Å². The molecule has 0 saturated heterocycles. The fourth-order valence-corrected chi connectivity index (χ4v) is 2.60. The van der Waals surface area contributed by atoms with E-state index < -0.39 is 10.0 Å². The predicted molar refractivity (Wildman–Crippen MR) is 58.3 cm³/mol. The van der Waals surface area contributed by atoms with Crippen LogP contribution < -0.4 is 5.14 Å². The van der Waals surface area contributed by atoms with Gasteiger partial charge in [0.25, 0.3) is 10.0 Å². The summed E-state index contributed by atoms with van der Waals surface area (Å²) in [6.45, 7) is 0. The normalized spacial score (nSPS) is 12.1. The Morgan fingerprint density at radius 1 is 1.47 bits per heavy atom. The average Bonchev–Trinajstić information content (AvgIpc) is 2.55. The van der Waals surface area contributed by atoms with Crippen molar-refractivity contribution < 1.29 is 8.42 Å². The number of nitrogens with zero attached hydrogens (tertiary/aromatic N) is 2. The van der Waals surface area contributed by atoms with E-state index in [-0.39, 0.29) is 5.03 Å². The Hall–Kier alpha value is -1.05. The van der Waals surface area contributed by atoms with Crippen LogP contribution in [0.5, 0.6) is 0 Å². The second kappa shape index (κ2) is 3.51. The van der Waals surface area contributed by atoms with Gasteiger partial charge in [0, 0.05) is 6.20 Å². The van der Waals surface area contributed by atoms with Gasteiger partial charge < -0.3 is 0 Å². The van der Waals surface area contributed by atoms with Gasteiger partial charge in [0.1, 0.15) is 0 Å². The number of hydrogen-bond acceptors (Lipinski definition) is 4. The zero-order valence-corrected chi connectivity index (χ0v) is 9.55. The highest BCUT2D eigenvalue weighted by Gasteiger charge is 2.18. The van der Waals surface area contributed by atoms with Crippen LogP contribution in [0.25, 0.3) is 5.52 Å². The molecule has 0 aliphatic carbocycles. The molecule has 0 saturated carbocycles. The van der Waals surface area contributed by atoms with E-state index in [1.807, 2.05) is 6.26 Å². The maximum absolute atomic E-state index is 11.3. The summed E-state index contributed by atoms with van der Waals surface area (Å²) in [5.41, 5.74) is 0.504. The molecule has 2 rings (SSSR count). The monoisotopic (exact) mass is 243 g/mol. The second-order valence-electron chi connectivity index (χ2n) is 2.90. The van der Waals surface area contributed by atoms with Crippen molar-refractivity contribution >= 4 is 27.3 Å². The molecule has 2 heterocycles. The lowest BCUT2D eigenvalue weighted by Crippen LogP contribution is -2.12. The highest BCUT2D eigenvalue weighted by molar-refractivity contribution is 7.98. The summed E-state index contributed by atoms with van der Waals surface area (Å²) >= 11 is 1.37. The Balaban J connectivity index is 2.88. The Morgan fingerprint density at radius 3 is 2.80 bits per heavy atom. The first-order chi connectivity index (χ1) is 7.04. The first-order valence-corrected chi connectivity index (χ1v) is 6.85. The van der Waals surface area contributed by atoms with Crippen LogP contribution in [-0.4, -0.2) is 24.1 Å². The second-order valence-corrected chi connectivity index (χ2v) is 5.15. The minimum absolute atomic E-state index is 0.0764. The number of thioether (sulfide) groups is 1. The Labute approximate surface area is 91.4 Å². The molecule has 0 unspecified atom stereocenters. The maximum Gasteiger partial charge on any atom is 0.257 e. The number of imidazole rings is 1. The number of sulfonamides is 1. The third-order valence-electron chi connectivity index (χ3n) is 1.93. The van der Waals surface area contributed by atoms with E-state index in [2.05, 4.69) is 4.98 Å². The van der Waals surface area contributed by atoms with Gasteiger partial charge in [-0.1, -0.05) is 17.8 Å². The molecule has 0 amide bonds.